The van der Waals surface area contributed by atoms with Gasteiger partial charge in [-0.1, -0.05) is 41.5 Å². The molecule has 0 aliphatic carbocycles. The molecule has 1 aromatic heterocycles. The van der Waals surface area contributed by atoms with Crippen LogP contribution in [0.3, 0.4) is 0 Å². The van der Waals surface area contributed by atoms with Crippen LogP contribution in [0.5, 0.6) is 0 Å². The number of nitrogens with one attached hydrogen (secondary N) is 1. The number of amides is 4. The number of aromatic nitrogens is 1. The molecule has 38 heavy (non-hydrogen) atoms. The molecule has 5 rings (SSSR count). The van der Waals surface area contributed by atoms with Crippen LogP contribution < -0.4 is 16.8 Å². The number of benzene rings is 2. The molecule has 0 saturated carbocycles. The molecule has 2 atom stereocenters. The normalized spacial score (nSPS) is 19.5. The summed E-state index contributed by atoms with van der Waals surface area (Å²) in [6.45, 7) is 0.374. The molecule has 0 radical (unpaired) electrons. The van der Waals surface area contributed by atoms with E-state index in [0.29, 0.717) is 17.2 Å². The number of rotatable bonds is 6. The minimum atomic E-state index is -0.771. The van der Waals surface area contributed by atoms with E-state index in [1.807, 2.05) is 30.3 Å². The molecule has 11 nitrogen and oxygen atoms in total. The van der Waals surface area contributed by atoms with Gasteiger partial charge in [-0.3, -0.25) is 9.59 Å². The topological polar surface area (TPSA) is 141 Å². The van der Waals surface area contributed by atoms with Crippen molar-refractivity contribution < 1.29 is 14.4 Å². The SMILES string of the molecule is C#CCN(C(=O)NC)N1CC(=O)N2C1CN(Cc1cccc3sc(N)nc13)C(=O)[C@@H]2Cc1ccc(N)cc1. The maximum atomic E-state index is 13.9. The number of nitrogens with zero attached hydrogens (tertiary/aromatic N) is 5. The lowest BCUT2D eigenvalue weighted by molar-refractivity contribution is -0.157. The highest BCUT2D eigenvalue weighted by Crippen LogP contribution is 2.32. The van der Waals surface area contributed by atoms with Gasteiger partial charge in [-0.25, -0.2) is 14.8 Å². The third-order valence-electron chi connectivity index (χ3n) is 6.86. The van der Waals surface area contributed by atoms with Crippen molar-refractivity contribution in [2.24, 2.45) is 0 Å². The third-order valence-corrected chi connectivity index (χ3v) is 7.70. The van der Waals surface area contributed by atoms with Crippen LogP contribution in [0.1, 0.15) is 11.1 Å². The smallest absolute Gasteiger partial charge is 0.332 e. The number of para-hydroxylation sites is 1. The number of hydrogen-bond acceptors (Lipinski definition) is 8. The molecule has 0 spiro atoms. The average Bonchev–Trinajstić information content (AvgIpc) is 3.45. The summed E-state index contributed by atoms with van der Waals surface area (Å²) >= 11 is 1.39. The highest BCUT2D eigenvalue weighted by Gasteiger charge is 2.52. The van der Waals surface area contributed by atoms with Gasteiger partial charge in [-0.2, -0.15) is 5.01 Å². The first kappa shape index (κ1) is 25.3. The number of urea groups is 1. The van der Waals surface area contributed by atoms with E-state index in [1.54, 1.807) is 26.9 Å². The van der Waals surface area contributed by atoms with Gasteiger partial charge in [0, 0.05) is 25.7 Å². The van der Waals surface area contributed by atoms with Crippen molar-refractivity contribution in [3.05, 3.63) is 53.6 Å². The van der Waals surface area contributed by atoms with E-state index < -0.39 is 18.2 Å². The number of piperazine rings is 1. The molecule has 3 aromatic rings. The van der Waals surface area contributed by atoms with Gasteiger partial charge in [0.25, 0.3) is 0 Å². The van der Waals surface area contributed by atoms with Crippen molar-refractivity contribution in [1.29, 1.82) is 0 Å². The van der Waals surface area contributed by atoms with E-state index in [4.69, 9.17) is 17.9 Å². The third kappa shape index (κ3) is 4.57. The zero-order valence-electron chi connectivity index (χ0n) is 20.8. The van der Waals surface area contributed by atoms with Gasteiger partial charge in [0.2, 0.25) is 11.8 Å². The zero-order chi connectivity index (χ0) is 27.0. The van der Waals surface area contributed by atoms with Gasteiger partial charge < -0.3 is 26.6 Å². The number of hydrazine groups is 1. The minimum absolute atomic E-state index is 0.0225. The Labute approximate surface area is 223 Å². The van der Waals surface area contributed by atoms with Crippen LogP contribution in [0.4, 0.5) is 15.6 Å². The number of hydrogen-bond donors (Lipinski definition) is 3. The Balaban J connectivity index is 1.52. The second-order valence-corrected chi connectivity index (χ2v) is 10.3. The molecule has 2 aliphatic rings. The van der Waals surface area contributed by atoms with E-state index in [-0.39, 0.29) is 38.0 Å². The molecular formula is C26H28N8O3S. The summed E-state index contributed by atoms with van der Waals surface area (Å²) < 4.78 is 0.932. The number of anilines is 2. The average molecular weight is 533 g/mol. The standard InChI is InChI=1S/C26H28N8O3S/c1-3-11-32(26(37)29-2)33-15-22(35)34-19(12-16-7-9-18(27)10-8-16)24(36)31(14-21(33)34)13-17-5-4-6-20-23(17)30-25(28)38-20/h1,4-10,19,21H,11-15,27H2,2H3,(H2,28,30)(H,29,37)/t19-,21?/m0/s1. The first-order valence-electron chi connectivity index (χ1n) is 12.1. The monoisotopic (exact) mass is 532 g/mol. The molecular weight excluding hydrogens is 504 g/mol. The van der Waals surface area contributed by atoms with Crippen molar-refractivity contribution in [2.45, 2.75) is 25.2 Å². The highest BCUT2D eigenvalue weighted by atomic mass is 32.1. The number of carbonyl (C=O) groups excluding carboxylic acids is 3. The van der Waals surface area contributed by atoms with E-state index in [9.17, 15) is 14.4 Å². The van der Waals surface area contributed by atoms with E-state index in [0.717, 1.165) is 21.3 Å². The summed E-state index contributed by atoms with van der Waals surface area (Å²) in [5, 5.41) is 6.03. The summed E-state index contributed by atoms with van der Waals surface area (Å²) in [6.07, 6.45) is 5.27. The van der Waals surface area contributed by atoms with Gasteiger partial charge in [0.15, 0.2) is 5.13 Å². The molecule has 2 aromatic carbocycles. The van der Waals surface area contributed by atoms with Crippen LogP contribution in [0.25, 0.3) is 10.2 Å². The fourth-order valence-corrected chi connectivity index (χ4v) is 5.90. The second-order valence-electron chi connectivity index (χ2n) is 9.19. The van der Waals surface area contributed by atoms with Gasteiger partial charge >= 0.3 is 6.03 Å². The van der Waals surface area contributed by atoms with Gasteiger partial charge in [-0.15, -0.1) is 6.42 Å². The zero-order valence-corrected chi connectivity index (χ0v) is 21.6. The van der Waals surface area contributed by atoms with Crippen LogP contribution in [0.15, 0.2) is 42.5 Å². The first-order valence-corrected chi connectivity index (χ1v) is 12.9. The van der Waals surface area contributed by atoms with Crippen LogP contribution in [0.2, 0.25) is 0 Å². The molecule has 2 aliphatic heterocycles. The summed E-state index contributed by atoms with van der Waals surface area (Å²) in [7, 11) is 1.50. The van der Waals surface area contributed by atoms with Crippen molar-refractivity contribution in [3.8, 4) is 12.3 Å². The number of carbonyl (C=O) groups is 3. The molecule has 2 fully saturated rings. The number of nitrogens with two attached hydrogens (primary N) is 2. The predicted molar refractivity (Wildman–Crippen MR) is 145 cm³/mol. The second kappa shape index (κ2) is 10.2. The fraction of sp³-hybridized carbons (Fsp3) is 0.308. The Morgan fingerprint density at radius 3 is 2.71 bits per heavy atom. The van der Waals surface area contributed by atoms with Gasteiger partial charge in [0.05, 0.1) is 29.9 Å². The molecule has 5 N–H and O–H groups in total. The number of nitrogen functional groups attached to an aromatic ring is 2. The summed E-state index contributed by atoms with van der Waals surface area (Å²) in [4.78, 5) is 47.8. The lowest BCUT2D eigenvalue weighted by atomic mass is 9.99. The van der Waals surface area contributed by atoms with Crippen LogP contribution >= 0.6 is 11.3 Å². The van der Waals surface area contributed by atoms with Crippen molar-refractivity contribution in [3.63, 3.8) is 0 Å². The van der Waals surface area contributed by atoms with Crippen molar-refractivity contribution in [2.75, 3.05) is 38.1 Å². The van der Waals surface area contributed by atoms with E-state index in [1.165, 1.54) is 23.4 Å². The molecule has 1 unspecified atom stereocenters. The fourth-order valence-electron chi connectivity index (χ4n) is 5.12. The molecule has 196 valence electrons. The lowest BCUT2D eigenvalue weighted by Crippen LogP contribution is -2.66. The first-order chi connectivity index (χ1) is 18.3. The molecule has 4 amide bonds. The minimum Gasteiger partial charge on any atom is -0.399 e. The summed E-state index contributed by atoms with van der Waals surface area (Å²) in [6, 6.07) is 11.8. The van der Waals surface area contributed by atoms with Gasteiger partial charge in [-0.05, 0) is 29.3 Å². The maximum Gasteiger partial charge on any atom is 0.332 e. The molecule has 2 saturated heterocycles. The summed E-state index contributed by atoms with van der Waals surface area (Å²) in [5.74, 6) is 2.06. The molecule has 3 heterocycles. The summed E-state index contributed by atoms with van der Waals surface area (Å²) in [5.41, 5.74) is 14.9. The van der Waals surface area contributed by atoms with Crippen molar-refractivity contribution >= 4 is 50.2 Å². The van der Waals surface area contributed by atoms with Crippen molar-refractivity contribution in [1.82, 2.24) is 30.1 Å². The Bertz CT molecular complexity index is 1430. The maximum absolute atomic E-state index is 13.9. The quantitative estimate of drug-likeness (QED) is 0.319. The van der Waals surface area contributed by atoms with Crippen LogP contribution in [-0.2, 0) is 22.6 Å². The Kier molecular flexibility index (Phi) is 6.79. The largest absolute Gasteiger partial charge is 0.399 e. The highest BCUT2D eigenvalue weighted by molar-refractivity contribution is 7.22. The number of terminal acetylenes is 1. The molecule has 12 heteroatoms. The number of fused-ring (bicyclic) bond motifs is 2. The van der Waals surface area contributed by atoms with Gasteiger partial charge in [0.1, 0.15) is 12.2 Å². The number of thiazole rings is 1. The Hall–Kier alpha value is -4.34. The van der Waals surface area contributed by atoms with Crippen LogP contribution in [-0.4, -0.2) is 81.5 Å². The Morgan fingerprint density at radius 1 is 1.24 bits per heavy atom. The van der Waals surface area contributed by atoms with E-state index >= 15 is 0 Å². The molecule has 0 bridgehead atoms. The van der Waals surface area contributed by atoms with Crippen LogP contribution in [0, 0.1) is 12.3 Å². The predicted octanol–water partition coefficient (Wildman–Crippen LogP) is 1.07. The Morgan fingerprint density at radius 2 is 2.00 bits per heavy atom. The van der Waals surface area contributed by atoms with E-state index in [2.05, 4.69) is 16.2 Å². The lowest BCUT2D eigenvalue weighted by Gasteiger charge is -2.46.